The van der Waals surface area contributed by atoms with Crippen LogP contribution in [0.4, 0.5) is 5.69 Å². The summed E-state index contributed by atoms with van der Waals surface area (Å²) in [4.78, 5) is 16.1. The third-order valence-corrected chi connectivity index (χ3v) is 4.07. The molecule has 0 unspecified atom stereocenters. The lowest BCUT2D eigenvalue weighted by molar-refractivity contribution is -0.142. The molecule has 0 bridgehead atoms. The molecule has 0 spiro atoms. The normalized spacial score (nSPS) is 24.6. The maximum atomic E-state index is 11.6. The quantitative estimate of drug-likeness (QED) is 0.773. The summed E-state index contributed by atoms with van der Waals surface area (Å²) in [5.41, 5.74) is 1.15. The molecular formula is C14H17ClN2O2. The number of hydrogen-bond acceptors (Lipinski definition) is 4. The van der Waals surface area contributed by atoms with E-state index in [0.717, 1.165) is 43.3 Å². The number of carbonyl (C=O) groups is 1. The number of rotatable bonds is 2. The van der Waals surface area contributed by atoms with Crippen molar-refractivity contribution in [3.8, 4) is 0 Å². The molecule has 0 saturated carbocycles. The third kappa shape index (κ3) is 2.69. The van der Waals surface area contributed by atoms with Crippen molar-refractivity contribution >= 4 is 23.3 Å². The van der Waals surface area contributed by atoms with Crippen LogP contribution >= 0.6 is 11.6 Å². The van der Waals surface area contributed by atoms with E-state index < -0.39 is 0 Å². The van der Waals surface area contributed by atoms with Crippen molar-refractivity contribution in [2.45, 2.75) is 12.5 Å². The lowest BCUT2D eigenvalue weighted by atomic mass is 10.1. The number of hydrogen-bond donors (Lipinski definition) is 0. The average molecular weight is 281 g/mol. The van der Waals surface area contributed by atoms with Crippen molar-refractivity contribution in [2.75, 3.05) is 37.7 Å². The van der Waals surface area contributed by atoms with Crippen LogP contribution in [0.5, 0.6) is 0 Å². The van der Waals surface area contributed by atoms with E-state index in [1.165, 1.54) is 0 Å². The molecule has 2 aliphatic heterocycles. The summed E-state index contributed by atoms with van der Waals surface area (Å²) in [6, 6.07) is 7.89. The van der Waals surface area contributed by atoms with Crippen LogP contribution in [0.2, 0.25) is 5.02 Å². The van der Waals surface area contributed by atoms with Crippen LogP contribution in [0.1, 0.15) is 6.42 Å². The zero-order valence-corrected chi connectivity index (χ0v) is 11.5. The van der Waals surface area contributed by atoms with Crippen molar-refractivity contribution in [3.05, 3.63) is 29.3 Å². The Morgan fingerprint density at radius 2 is 2.00 bits per heavy atom. The molecule has 4 nitrogen and oxygen atoms in total. The Morgan fingerprint density at radius 3 is 2.63 bits per heavy atom. The van der Waals surface area contributed by atoms with E-state index in [1.807, 2.05) is 18.2 Å². The first-order chi connectivity index (χ1) is 9.24. The van der Waals surface area contributed by atoms with Gasteiger partial charge in [-0.15, -0.1) is 0 Å². The Kier molecular flexibility index (Phi) is 3.62. The summed E-state index contributed by atoms with van der Waals surface area (Å²) < 4.78 is 5.03. The Bertz CT molecular complexity index is 472. The second-order valence-corrected chi connectivity index (χ2v) is 5.41. The first kappa shape index (κ1) is 12.8. The average Bonchev–Trinajstić information content (AvgIpc) is 2.85. The van der Waals surface area contributed by atoms with Crippen molar-refractivity contribution in [1.82, 2.24) is 4.90 Å². The van der Waals surface area contributed by atoms with Gasteiger partial charge in [-0.2, -0.15) is 0 Å². The zero-order valence-electron chi connectivity index (χ0n) is 10.7. The van der Waals surface area contributed by atoms with Crippen LogP contribution in [0.15, 0.2) is 24.3 Å². The van der Waals surface area contributed by atoms with Crippen molar-refractivity contribution in [2.24, 2.45) is 0 Å². The molecular weight excluding hydrogens is 264 g/mol. The Morgan fingerprint density at radius 1 is 1.21 bits per heavy atom. The predicted molar refractivity (Wildman–Crippen MR) is 74.6 cm³/mol. The summed E-state index contributed by atoms with van der Waals surface area (Å²) in [6.45, 7) is 4.20. The van der Waals surface area contributed by atoms with E-state index in [4.69, 9.17) is 16.3 Å². The Hall–Kier alpha value is -1.26. The largest absolute Gasteiger partial charge is 0.464 e. The minimum absolute atomic E-state index is 0.0264. The molecule has 1 aromatic carbocycles. The number of anilines is 1. The van der Waals surface area contributed by atoms with E-state index >= 15 is 0 Å². The van der Waals surface area contributed by atoms with Gasteiger partial charge in [-0.3, -0.25) is 9.69 Å². The molecule has 2 fully saturated rings. The van der Waals surface area contributed by atoms with E-state index in [2.05, 4.69) is 15.9 Å². The highest BCUT2D eigenvalue weighted by atomic mass is 35.5. The number of piperazine rings is 1. The van der Waals surface area contributed by atoms with Gasteiger partial charge in [-0.25, -0.2) is 0 Å². The van der Waals surface area contributed by atoms with E-state index in [9.17, 15) is 4.79 Å². The standard InChI is InChI=1S/C14H17ClN2O2/c15-11-2-1-3-12(10-11)16-5-7-17(8-6-16)13-4-9-19-14(13)18/h1-3,10,13H,4-9H2/t13-/m1/s1. The fraction of sp³-hybridized carbons (Fsp3) is 0.500. The Balaban J connectivity index is 1.61. The van der Waals surface area contributed by atoms with E-state index in [1.54, 1.807) is 0 Å². The van der Waals surface area contributed by atoms with Gasteiger partial charge in [0.15, 0.2) is 0 Å². The maximum absolute atomic E-state index is 11.6. The lowest BCUT2D eigenvalue weighted by Crippen LogP contribution is -2.51. The highest BCUT2D eigenvalue weighted by molar-refractivity contribution is 6.30. The number of esters is 1. The van der Waals surface area contributed by atoms with Gasteiger partial charge >= 0.3 is 5.97 Å². The fourth-order valence-corrected chi connectivity index (χ4v) is 2.97. The lowest BCUT2D eigenvalue weighted by Gasteiger charge is -2.37. The topological polar surface area (TPSA) is 32.8 Å². The first-order valence-electron chi connectivity index (χ1n) is 6.65. The number of halogens is 1. The molecule has 0 N–H and O–H groups in total. The van der Waals surface area contributed by atoms with Crippen LogP contribution in [0.3, 0.4) is 0 Å². The first-order valence-corrected chi connectivity index (χ1v) is 7.03. The summed E-state index contributed by atoms with van der Waals surface area (Å²) in [5.74, 6) is -0.0591. The summed E-state index contributed by atoms with van der Waals surface area (Å²) in [6.07, 6.45) is 0.829. The molecule has 0 amide bonds. The monoisotopic (exact) mass is 280 g/mol. The number of carbonyl (C=O) groups excluding carboxylic acids is 1. The minimum atomic E-state index is -0.0591. The molecule has 0 radical (unpaired) electrons. The van der Waals surface area contributed by atoms with Crippen molar-refractivity contribution in [3.63, 3.8) is 0 Å². The van der Waals surface area contributed by atoms with Gasteiger partial charge in [0, 0.05) is 43.3 Å². The zero-order chi connectivity index (χ0) is 13.2. The summed E-state index contributed by atoms with van der Waals surface area (Å²) in [7, 11) is 0. The molecule has 1 aromatic rings. The van der Waals surface area contributed by atoms with Gasteiger partial charge in [0.25, 0.3) is 0 Å². The van der Waals surface area contributed by atoms with Crippen LogP contribution in [0.25, 0.3) is 0 Å². The second kappa shape index (κ2) is 5.39. The highest BCUT2D eigenvalue weighted by Crippen LogP contribution is 2.22. The SMILES string of the molecule is O=C1OCC[C@H]1N1CCN(c2cccc(Cl)c2)CC1. The number of ether oxygens (including phenoxy) is 1. The minimum Gasteiger partial charge on any atom is -0.464 e. The van der Waals surface area contributed by atoms with Gasteiger partial charge in [0.2, 0.25) is 0 Å². The molecule has 19 heavy (non-hydrogen) atoms. The summed E-state index contributed by atoms with van der Waals surface area (Å²) in [5, 5.41) is 0.763. The molecule has 1 atom stereocenters. The van der Waals surface area contributed by atoms with Gasteiger partial charge in [0.1, 0.15) is 6.04 Å². The van der Waals surface area contributed by atoms with Gasteiger partial charge < -0.3 is 9.64 Å². The van der Waals surface area contributed by atoms with Gasteiger partial charge in [-0.05, 0) is 18.2 Å². The highest BCUT2D eigenvalue weighted by Gasteiger charge is 2.33. The molecule has 0 aromatic heterocycles. The third-order valence-electron chi connectivity index (χ3n) is 3.84. The number of cyclic esters (lactones) is 1. The number of benzene rings is 1. The van der Waals surface area contributed by atoms with Crippen LogP contribution in [-0.2, 0) is 9.53 Å². The second-order valence-electron chi connectivity index (χ2n) is 4.97. The molecule has 2 saturated heterocycles. The van der Waals surface area contributed by atoms with Crippen LogP contribution < -0.4 is 4.90 Å². The molecule has 0 aliphatic carbocycles. The Labute approximate surface area is 117 Å². The molecule has 5 heteroatoms. The summed E-state index contributed by atoms with van der Waals surface area (Å²) >= 11 is 6.02. The number of nitrogens with zero attached hydrogens (tertiary/aromatic N) is 2. The van der Waals surface area contributed by atoms with Crippen LogP contribution in [0, 0.1) is 0 Å². The molecule has 3 rings (SSSR count). The van der Waals surface area contributed by atoms with Gasteiger partial charge in [0.05, 0.1) is 6.61 Å². The molecule has 2 aliphatic rings. The van der Waals surface area contributed by atoms with E-state index in [0.29, 0.717) is 6.61 Å². The molecule has 102 valence electrons. The smallest absolute Gasteiger partial charge is 0.323 e. The molecule has 2 heterocycles. The van der Waals surface area contributed by atoms with Crippen molar-refractivity contribution in [1.29, 1.82) is 0 Å². The predicted octanol–water partition coefficient (Wildman–Crippen LogP) is 1.78. The van der Waals surface area contributed by atoms with Crippen LogP contribution in [-0.4, -0.2) is 49.7 Å². The van der Waals surface area contributed by atoms with Crippen molar-refractivity contribution < 1.29 is 9.53 Å². The van der Waals surface area contributed by atoms with Gasteiger partial charge in [-0.1, -0.05) is 17.7 Å². The fourth-order valence-electron chi connectivity index (χ4n) is 2.78. The van der Waals surface area contributed by atoms with E-state index in [-0.39, 0.29) is 12.0 Å². The maximum Gasteiger partial charge on any atom is 0.323 e.